The Morgan fingerprint density at radius 2 is 2.21 bits per heavy atom. The van der Waals surface area contributed by atoms with Gasteiger partial charge in [-0.1, -0.05) is 6.92 Å². The number of carboxylic acid groups (broad SMARTS) is 1. The Balaban J connectivity index is 3.20. The van der Waals surface area contributed by atoms with E-state index >= 15 is 0 Å². The number of aryl methyl sites for hydroxylation is 1. The highest BCUT2D eigenvalue weighted by Gasteiger charge is 2.15. The molecule has 1 aromatic heterocycles. The second kappa shape index (κ2) is 4.08. The zero-order valence-electron chi connectivity index (χ0n) is 7.37. The molecule has 1 aromatic rings. The maximum Gasteiger partial charge on any atom is 0.354 e. The van der Waals surface area contributed by atoms with E-state index in [2.05, 4.69) is 9.97 Å². The zero-order chi connectivity index (χ0) is 10.7. The highest BCUT2D eigenvalue weighted by molar-refractivity contribution is 5.85. The summed E-state index contributed by atoms with van der Waals surface area (Å²) in [5.74, 6) is -1.22. The summed E-state index contributed by atoms with van der Waals surface area (Å²) in [5, 5.41) is 8.58. The average molecular weight is 202 g/mol. The molecule has 0 fully saturated rings. The fourth-order valence-electron chi connectivity index (χ4n) is 0.897. The van der Waals surface area contributed by atoms with Crippen molar-refractivity contribution in [2.45, 2.75) is 19.8 Å². The summed E-state index contributed by atoms with van der Waals surface area (Å²) < 4.78 is 24.5. The molecule has 0 atom stereocenters. The van der Waals surface area contributed by atoms with Crippen LogP contribution < -0.4 is 0 Å². The van der Waals surface area contributed by atoms with Crippen molar-refractivity contribution < 1.29 is 18.7 Å². The van der Waals surface area contributed by atoms with E-state index in [1.54, 1.807) is 6.92 Å². The Morgan fingerprint density at radius 1 is 1.57 bits per heavy atom. The van der Waals surface area contributed by atoms with Gasteiger partial charge in [0.2, 0.25) is 0 Å². The molecule has 0 aliphatic rings. The van der Waals surface area contributed by atoms with E-state index < -0.39 is 23.8 Å². The smallest absolute Gasteiger partial charge is 0.354 e. The van der Waals surface area contributed by atoms with Gasteiger partial charge in [-0.05, 0) is 6.07 Å². The number of alkyl halides is 2. The van der Waals surface area contributed by atoms with Crippen LogP contribution in [0.5, 0.6) is 0 Å². The third kappa shape index (κ3) is 2.21. The van der Waals surface area contributed by atoms with Gasteiger partial charge in [0, 0.05) is 6.42 Å². The molecule has 6 heteroatoms. The Hall–Kier alpha value is -1.59. The lowest BCUT2D eigenvalue weighted by molar-refractivity contribution is 0.0689. The third-order valence-electron chi connectivity index (χ3n) is 1.55. The van der Waals surface area contributed by atoms with Crippen molar-refractivity contribution in [1.29, 1.82) is 0 Å². The molecule has 1 heterocycles. The van der Waals surface area contributed by atoms with E-state index in [-0.39, 0.29) is 5.82 Å². The van der Waals surface area contributed by atoms with Crippen LogP contribution in [0.3, 0.4) is 0 Å². The summed E-state index contributed by atoms with van der Waals surface area (Å²) in [4.78, 5) is 17.6. The minimum absolute atomic E-state index is 0.111. The lowest BCUT2D eigenvalue weighted by Crippen LogP contribution is -2.07. The number of carbonyl (C=O) groups is 1. The average Bonchev–Trinajstić information content (AvgIpc) is 2.16. The molecular formula is C8H8F2N2O2. The fraction of sp³-hybridized carbons (Fsp3) is 0.375. The highest BCUT2D eigenvalue weighted by atomic mass is 19.3. The number of hydrogen-bond donors (Lipinski definition) is 1. The topological polar surface area (TPSA) is 63.1 Å². The van der Waals surface area contributed by atoms with Gasteiger partial charge in [0.15, 0.2) is 5.69 Å². The molecule has 0 radical (unpaired) electrons. The summed E-state index contributed by atoms with van der Waals surface area (Å²) in [6.45, 7) is 1.66. The number of hydrogen-bond acceptors (Lipinski definition) is 3. The van der Waals surface area contributed by atoms with Gasteiger partial charge in [-0.2, -0.15) is 0 Å². The van der Waals surface area contributed by atoms with Crippen LogP contribution in [0.2, 0.25) is 0 Å². The summed E-state index contributed by atoms with van der Waals surface area (Å²) in [6, 6.07) is 0.784. The van der Waals surface area contributed by atoms with Crippen LogP contribution >= 0.6 is 0 Å². The number of aromatic carboxylic acids is 1. The number of carboxylic acids is 1. The predicted octanol–water partition coefficient (Wildman–Crippen LogP) is 1.67. The standard InChI is InChI=1S/C8H8F2N2O2/c1-2-6-11-4(7(9)10)3-5(12-6)8(13)14/h3,7H,2H2,1H3,(H,13,14). The lowest BCUT2D eigenvalue weighted by Gasteiger charge is -2.03. The minimum atomic E-state index is -2.78. The van der Waals surface area contributed by atoms with Gasteiger partial charge in [-0.15, -0.1) is 0 Å². The summed E-state index contributed by atoms with van der Waals surface area (Å²) >= 11 is 0. The van der Waals surface area contributed by atoms with Crippen molar-refractivity contribution in [2.24, 2.45) is 0 Å². The van der Waals surface area contributed by atoms with Gasteiger partial charge < -0.3 is 5.11 Å². The van der Waals surface area contributed by atoms with Crippen molar-refractivity contribution in [3.63, 3.8) is 0 Å². The van der Waals surface area contributed by atoms with Crippen molar-refractivity contribution in [1.82, 2.24) is 9.97 Å². The molecule has 76 valence electrons. The largest absolute Gasteiger partial charge is 0.477 e. The van der Waals surface area contributed by atoms with Crippen molar-refractivity contribution in [3.05, 3.63) is 23.3 Å². The van der Waals surface area contributed by atoms with Crippen molar-refractivity contribution in [3.8, 4) is 0 Å². The van der Waals surface area contributed by atoms with Crippen LogP contribution in [-0.4, -0.2) is 21.0 Å². The maximum atomic E-state index is 12.2. The van der Waals surface area contributed by atoms with Gasteiger partial charge in [0.1, 0.15) is 11.5 Å². The van der Waals surface area contributed by atoms with Gasteiger partial charge >= 0.3 is 5.97 Å². The molecule has 4 nitrogen and oxygen atoms in total. The summed E-state index contributed by atoms with van der Waals surface area (Å²) in [6.07, 6.45) is -2.46. The van der Waals surface area contributed by atoms with Crippen LogP contribution in [0, 0.1) is 0 Å². The van der Waals surface area contributed by atoms with Crippen molar-refractivity contribution in [2.75, 3.05) is 0 Å². The first-order chi connectivity index (χ1) is 6.54. The predicted molar refractivity (Wildman–Crippen MR) is 43.3 cm³/mol. The van der Waals surface area contributed by atoms with Crippen LogP contribution in [0.1, 0.15) is 35.4 Å². The van der Waals surface area contributed by atoms with Gasteiger partial charge in [0.25, 0.3) is 6.43 Å². The molecule has 0 aliphatic carbocycles. The van der Waals surface area contributed by atoms with E-state index in [1.807, 2.05) is 0 Å². The number of rotatable bonds is 3. The molecular weight excluding hydrogens is 194 g/mol. The van der Waals surface area contributed by atoms with Crippen LogP contribution in [-0.2, 0) is 6.42 Å². The van der Waals surface area contributed by atoms with E-state index in [0.29, 0.717) is 6.42 Å². The second-order valence-corrected chi connectivity index (χ2v) is 2.55. The molecule has 0 saturated carbocycles. The quantitative estimate of drug-likeness (QED) is 0.809. The Labute approximate surface area is 78.6 Å². The van der Waals surface area contributed by atoms with E-state index in [9.17, 15) is 13.6 Å². The summed E-state index contributed by atoms with van der Waals surface area (Å²) in [5.41, 5.74) is -0.943. The van der Waals surface area contributed by atoms with Crippen LogP contribution in [0.15, 0.2) is 6.07 Å². The number of nitrogens with zero attached hydrogens (tertiary/aromatic N) is 2. The third-order valence-corrected chi connectivity index (χ3v) is 1.55. The van der Waals surface area contributed by atoms with Crippen molar-refractivity contribution >= 4 is 5.97 Å². The van der Waals surface area contributed by atoms with Gasteiger partial charge in [-0.25, -0.2) is 23.5 Å². The second-order valence-electron chi connectivity index (χ2n) is 2.55. The highest BCUT2D eigenvalue weighted by Crippen LogP contribution is 2.17. The molecule has 0 bridgehead atoms. The Kier molecular flexibility index (Phi) is 3.06. The van der Waals surface area contributed by atoms with Gasteiger partial charge in [-0.3, -0.25) is 0 Å². The molecule has 1 N–H and O–H groups in total. The Bertz CT molecular complexity index is 355. The number of halogens is 2. The SMILES string of the molecule is CCc1nc(C(=O)O)cc(C(F)F)n1. The molecule has 0 aromatic carbocycles. The molecule has 0 amide bonds. The van der Waals surface area contributed by atoms with Crippen LogP contribution in [0.4, 0.5) is 8.78 Å². The van der Waals surface area contributed by atoms with E-state index in [1.165, 1.54) is 0 Å². The lowest BCUT2D eigenvalue weighted by atomic mass is 10.3. The van der Waals surface area contributed by atoms with E-state index in [0.717, 1.165) is 6.07 Å². The molecule has 0 saturated heterocycles. The number of aromatic nitrogens is 2. The maximum absolute atomic E-state index is 12.2. The van der Waals surface area contributed by atoms with Gasteiger partial charge in [0.05, 0.1) is 0 Å². The monoisotopic (exact) mass is 202 g/mol. The van der Waals surface area contributed by atoms with E-state index in [4.69, 9.17) is 5.11 Å². The summed E-state index contributed by atoms with van der Waals surface area (Å²) in [7, 11) is 0. The molecule has 0 spiro atoms. The first-order valence-electron chi connectivity index (χ1n) is 3.94. The zero-order valence-corrected chi connectivity index (χ0v) is 7.37. The first kappa shape index (κ1) is 10.5. The van der Waals surface area contributed by atoms with Crippen LogP contribution in [0.25, 0.3) is 0 Å². The molecule has 14 heavy (non-hydrogen) atoms. The minimum Gasteiger partial charge on any atom is -0.477 e. The molecule has 0 aliphatic heterocycles. The first-order valence-corrected chi connectivity index (χ1v) is 3.94. The normalized spacial score (nSPS) is 10.6. The fourth-order valence-corrected chi connectivity index (χ4v) is 0.897. The molecule has 0 unspecified atom stereocenters. The molecule has 1 rings (SSSR count). The Morgan fingerprint density at radius 3 is 2.64 bits per heavy atom.